The van der Waals surface area contributed by atoms with Gasteiger partial charge in [-0.2, -0.15) is 0 Å². The number of nitrogens with zero attached hydrogens (tertiary/aromatic N) is 1. The fraction of sp³-hybridized carbons (Fsp3) is 0.632. The van der Waals surface area contributed by atoms with Crippen LogP contribution in [0.5, 0.6) is 0 Å². The zero-order valence-corrected chi connectivity index (χ0v) is 14.9. The number of benzene rings is 1. The number of aryl methyl sites for hydroxylation is 1. The number of piperidine rings is 1. The number of nitrogens with one attached hydrogen (secondary N) is 1. The highest BCUT2D eigenvalue weighted by molar-refractivity contribution is 5.74. The highest BCUT2D eigenvalue weighted by atomic mass is 16.7. The molecule has 0 aliphatic carbocycles. The van der Waals surface area contributed by atoms with Crippen molar-refractivity contribution in [3.05, 3.63) is 35.4 Å². The molecule has 0 saturated carbocycles. The highest BCUT2D eigenvalue weighted by Crippen LogP contribution is 2.31. The minimum absolute atomic E-state index is 0.00281. The molecule has 1 N–H and O–H groups in total. The molecule has 24 heavy (non-hydrogen) atoms. The van der Waals surface area contributed by atoms with Crippen LogP contribution >= 0.6 is 0 Å². The topological polar surface area (TPSA) is 50.8 Å². The number of amides is 2. The van der Waals surface area contributed by atoms with Gasteiger partial charge < -0.3 is 19.7 Å². The lowest BCUT2D eigenvalue weighted by atomic mass is 9.84. The second-order valence-corrected chi connectivity index (χ2v) is 7.50. The Morgan fingerprint density at radius 1 is 1.17 bits per heavy atom. The summed E-state index contributed by atoms with van der Waals surface area (Å²) in [6.45, 7) is 9.69. The van der Waals surface area contributed by atoms with Gasteiger partial charge >= 0.3 is 6.03 Å². The predicted octanol–water partition coefficient (Wildman–Crippen LogP) is 2.82. The van der Waals surface area contributed by atoms with Crippen LogP contribution in [-0.4, -0.2) is 49.6 Å². The van der Waals surface area contributed by atoms with Crippen LogP contribution in [0.15, 0.2) is 24.3 Å². The summed E-state index contributed by atoms with van der Waals surface area (Å²) >= 11 is 0. The molecular formula is C19H28N2O3. The Morgan fingerprint density at radius 3 is 2.33 bits per heavy atom. The minimum Gasteiger partial charge on any atom is -0.347 e. The lowest BCUT2D eigenvalue weighted by molar-refractivity contribution is -0.181. The maximum Gasteiger partial charge on any atom is 0.317 e. The van der Waals surface area contributed by atoms with Crippen LogP contribution in [0, 0.1) is 6.92 Å². The highest BCUT2D eigenvalue weighted by Gasteiger charge is 2.40. The third kappa shape index (κ3) is 3.73. The molecule has 2 fully saturated rings. The smallest absolute Gasteiger partial charge is 0.317 e. The van der Waals surface area contributed by atoms with Crippen LogP contribution in [0.3, 0.4) is 0 Å². The van der Waals surface area contributed by atoms with E-state index in [4.69, 9.17) is 9.47 Å². The van der Waals surface area contributed by atoms with Crippen molar-refractivity contribution in [2.75, 3.05) is 32.8 Å². The van der Waals surface area contributed by atoms with Crippen LogP contribution in [0.4, 0.5) is 4.79 Å². The monoisotopic (exact) mass is 332 g/mol. The maximum atomic E-state index is 12.5. The predicted molar refractivity (Wildman–Crippen MR) is 93.0 cm³/mol. The van der Waals surface area contributed by atoms with Crippen molar-refractivity contribution in [3.8, 4) is 0 Å². The summed E-state index contributed by atoms with van der Waals surface area (Å²) < 4.78 is 11.4. The van der Waals surface area contributed by atoms with Gasteiger partial charge in [-0.05, 0) is 12.5 Å². The first-order chi connectivity index (χ1) is 11.4. The fourth-order valence-electron chi connectivity index (χ4n) is 3.35. The molecule has 2 saturated heterocycles. The zero-order chi connectivity index (χ0) is 17.2. The number of urea groups is 1. The Bertz CT molecular complexity index is 567. The quantitative estimate of drug-likeness (QED) is 0.926. The molecular weight excluding hydrogens is 304 g/mol. The second-order valence-electron chi connectivity index (χ2n) is 7.50. The number of likely N-dealkylation sites (tertiary alicyclic amines) is 1. The molecule has 2 amide bonds. The maximum absolute atomic E-state index is 12.5. The minimum atomic E-state index is -0.433. The van der Waals surface area contributed by atoms with Crippen LogP contribution in [0.2, 0.25) is 0 Å². The van der Waals surface area contributed by atoms with Crippen molar-refractivity contribution < 1.29 is 14.3 Å². The SMILES string of the molecule is Cc1ccc(C(C)(C)CNC(=O)N2CCC3(CC2)OCCO3)cc1. The summed E-state index contributed by atoms with van der Waals surface area (Å²) in [7, 11) is 0. The fourth-order valence-corrected chi connectivity index (χ4v) is 3.35. The molecule has 0 bridgehead atoms. The average Bonchev–Trinajstić information content (AvgIpc) is 3.02. The van der Waals surface area contributed by atoms with Crippen LogP contribution < -0.4 is 5.32 Å². The van der Waals surface area contributed by atoms with Gasteiger partial charge in [-0.3, -0.25) is 0 Å². The van der Waals surface area contributed by atoms with Gasteiger partial charge in [-0.15, -0.1) is 0 Å². The first-order valence-electron chi connectivity index (χ1n) is 8.78. The van der Waals surface area contributed by atoms with Crippen molar-refractivity contribution in [2.24, 2.45) is 0 Å². The molecule has 2 aliphatic heterocycles. The second kappa shape index (κ2) is 6.73. The Kier molecular flexibility index (Phi) is 4.83. The van der Waals surface area contributed by atoms with Crippen molar-refractivity contribution >= 4 is 6.03 Å². The molecule has 1 aromatic rings. The molecule has 2 aliphatic rings. The van der Waals surface area contributed by atoms with E-state index in [0.717, 1.165) is 12.8 Å². The van der Waals surface area contributed by atoms with E-state index >= 15 is 0 Å². The van der Waals surface area contributed by atoms with E-state index in [0.29, 0.717) is 32.8 Å². The number of carbonyl (C=O) groups is 1. The average molecular weight is 332 g/mol. The third-order valence-electron chi connectivity index (χ3n) is 5.14. The number of ether oxygens (including phenoxy) is 2. The molecule has 5 nitrogen and oxygen atoms in total. The van der Waals surface area contributed by atoms with Gasteiger partial charge in [0, 0.05) is 37.9 Å². The molecule has 0 unspecified atom stereocenters. The normalized spacial score (nSPS) is 20.4. The van der Waals surface area contributed by atoms with E-state index < -0.39 is 5.79 Å². The standard InChI is InChI=1S/C19H28N2O3/c1-15-4-6-16(7-5-15)18(2,3)14-20-17(22)21-10-8-19(9-11-21)23-12-13-24-19/h4-7H,8-14H2,1-3H3,(H,20,22). The van der Waals surface area contributed by atoms with Gasteiger partial charge in [0.05, 0.1) is 13.2 Å². The van der Waals surface area contributed by atoms with E-state index in [1.807, 2.05) is 4.90 Å². The lowest BCUT2D eigenvalue weighted by Crippen LogP contribution is -2.51. The van der Waals surface area contributed by atoms with E-state index in [9.17, 15) is 4.79 Å². The van der Waals surface area contributed by atoms with E-state index in [1.165, 1.54) is 11.1 Å². The summed E-state index contributed by atoms with van der Waals surface area (Å²) in [5.41, 5.74) is 2.38. The van der Waals surface area contributed by atoms with Crippen molar-refractivity contribution in [3.63, 3.8) is 0 Å². The van der Waals surface area contributed by atoms with E-state index in [1.54, 1.807) is 0 Å². The molecule has 2 heterocycles. The summed E-state index contributed by atoms with van der Waals surface area (Å²) in [4.78, 5) is 14.3. The molecule has 132 valence electrons. The third-order valence-corrected chi connectivity index (χ3v) is 5.14. The molecule has 0 radical (unpaired) electrons. The van der Waals surface area contributed by atoms with Crippen molar-refractivity contribution in [2.45, 2.75) is 44.8 Å². The van der Waals surface area contributed by atoms with Gasteiger partial charge in [0.25, 0.3) is 0 Å². The van der Waals surface area contributed by atoms with Crippen LogP contribution in [0.1, 0.15) is 37.8 Å². The Hall–Kier alpha value is -1.59. The largest absolute Gasteiger partial charge is 0.347 e. The summed E-state index contributed by atoms with van der Waals surface area (Å²) in [5.74, 6) is -0.433. The van der Waals surface area contributed by atoms with E-state index in [2.05, 4.69) is 50.4 Å². The van der Waals surface area contributed by atoms with Crippen LogP contribution in [0.25, 0.3) is 0 Å². The van der Waals surface area contributed by atoms with Crippen molar-refractivity contribution in [1.29, 1.82) is 0 Å². The van der Waals surface area contributed by atoms with E-state index in [-0.39, 0.29) is 11.4 Å². The van der Waals surface area contributed by atoms with Gasteiger partial charge in [0.1, 0.15) is 0 Å². The molecule has 3 rings (SSSR count). The Labute approximate surface area is 144 Å². The van der Waals surface area contributed by atoms with Gasteiger partial charge in [0.2, 0.25) is 0 Å². The molecule has 0 aromatic heterocycles. The Balaban J connectivity index is 1.51. The first kappa shape index (κ1) is 17.2. The summed E-state index contributed by atoms with van der Waals surface area (Å²) in [6.07, 6.45) is 1.50. The van der Waals surface area contributed by atoms with Crippen molar-refractivity contribution in [1.82, 2.24) is 10.2 Å². The molecule has 0 atom stereocenters. The Morgan fingerprint density at radius 2 is 1.75 bits per heavy atom. The van der Waals surface area contributed by atoms with Gasteiger partial charge in [-0.25, -0.2) is 4.79 Å². The first-order valence-corrected chi connectivity index (χ1v) is 8.78. The zero-order valence-electron chi connectivity index (χ0n) is 14.9. The number of hydrogen-bond acceptors (Lipinski definition) is 3. The number of carbonyl (C=O) groups excluding carboxylic acids is 1. The molecule has 5 heteroatoms. The van der Waals surface area contributed by atoms with Gasteiger partial charge in [-0.1, -0.05) is 43.7 Å². The van der Waals surface area contributed by atoms with Gasteiger partial charge in [0.15, 0.2) is 5.79 Å². The molecule has 1 aromatic carbocycles. The summed E-state index contributed by atoms with van der Waals surface area (Å²) in [6, 6.07) is 8.51. The number of rotatable bonds is 3. The van der Waals surface area contributed by atoms with Crippen LogP contribution in [-0.2, 0) is 14.9 Å². The summed E-state index contributed by atoms with van der Waals surface area (Å²) in [5, 5.41) is 3.09. The number of hydrogen-bond donors (Lipinski definition) is 1. The lowest BCUT2D eigenvalue weighted by Gasteiger charge is -2.38. The molecule has 1 spiro atoms.